The molecule has 2 aromatic rings. The Morgan fingerprint density at radius 2 is 1.60 bits per heavy atom. The second-order valence-electron chi connectivity index (χ2n) is 5.10. The molecule has 0 radical (unpaired) electrons. The molecule has 2 aromatic carbocycles. The molecule has 0 bridgehead atoms. The molecule has 1 N–H and O–H groups in total. The van der Waals surface area contributed by atoms with E-state index < -0.39 is 11.9 Å². The van der Waals surface area contributed by atoms with E-state index in [1.54, 1.807) is 42.5 Å². The number of carboxylic acids is 1. The molecule has 0 saturated carbocycles. The van der Waals surface area contributed by atoms with E-state index in [4.69, 9.17) is 14.2 Å². The van der Waals surface area contributed by atoms with E-state index in [-0.39, 0.29) is 5.57 Å². The van der Waals surface area contributed by atoms with Crippen LogP contribution < -0.4 is 14.2 Å². The van der Waals surface area contributed by atoms with E-state index in [2.05, 4.69) is 0 Å². The molecular weight excluding hydrogens is 324 g/mol. The van der Waals surface area contributed by atoms with Crippen LogP contribution in [0.15, 0.2) is 42.5 Å². The van der Waals surface area contributed by atoms with Crippen molar-refractivity contribution in [2.24, 2.45) is 0 Å². The van der Waals surface area contributed by atoms with E-state index in [0.717, 1.165) is 0 Å². The van der Waals surface area contributed by atoms with Crippen LogP contribution in [-0.4, -0.2) is 31.3 Å². The van der Waals surface area contributed by atoms with Crippen LogP contribution in [0.4, 0.5) is 0 Å². The summed E-state index contributed by atoms with van der Waals surface area (Å²) in [6.07, 6.45) is 1.53. The Morgan fingerprint density at radius 3 is 2.12 bits per heavy atom. The summed E-state index contributed by atoms with van der Waals surface area (Å²) in [5, 5.41) is 9.54. The van der Waals surface area contributed by atoms with Crippen molar-refractivity contribution in [3.05, 3.63) is 53.6 Å². The number of hydrogen-bond acceptors (Lipinski definition) is 5. The zero-order chi connectivity index (χ0) is 18.4. The van der Waals surface area contributed by atoms with Gasteiger partial charge in [0.1, 0.15) is 5.75 Å². The average molecular weight is 342 g/mol. The number of ether oxygens (including phenoxy) is 3. The number of carbonyl (C=O) groups excluding carboxylic acids is 1. The predicted octanol–water partition coefficient (Wildman–Crippen LogP) is 3.25. The molecule has 0 amide bonds. The van der Waals surface area contributed by atoms with Crippen molar-refractivity contribution in [3.8, 4) is 17.2 Å². The van der Waals surface area contributed by atoms with Gasteiger partial charge in [0, 0.05) is 6.92 Å². The molecule has 0 spiro atoms. The quantitative estimate of drug-likeness (QED) is 0.375. The monoisotopic (exact) mass is 342 g/mol. The zero-order valence-corrected chi connectivity index (χ0v) is 14.1. The van der Waals surface area contributed by atoms with E-state index in [1.807, 2.05) is 0 Å². The van der Waals surface area contributed by atoms with Crippen molar-refractivity contribution in [2.45, 2.75) is 6.92 Å². The highest BCUT2D eigenvalue weighted by Crippen LogP contribution is 2.31. The highest BCUT2D eigenvalue weighted by Gasteiger charge is 2.14. The Hall–Kier alpha value is -3.28. The maximum absolute atomic E-state index is 11.7. The third kappa shape index (κ3) is 4.60. The van der Waals surface area contributed by atoms with Gasteiger partial charge < -0.3 is 19.3 Å². The highest BCUT2D eigenvalue weighted by molar-refractivity contribution is 6.20. The Labute approximate surface area is 145 Å². The van der Waals surface area contributed by atoms with Gasteiger partial charge in [-0.15, -0.1) is 0 Å². The first-order valence-electron chi connectivity index (χ1n) is 7.40. The van der Waals surface area contributed by atoms with Gasteiger partial charge in [-0.25, -0.2) is 4.79 Å². The molecule has 2 rings (SSSR count). The van der Waals surface area contributed by atoms with Crippen LogP contribution in [0.5, 0.6) is 17.2 Å². The van der Waals surface area contributed by atoms with Crippen molar-refractivity contribution in [3.63, 3.8) is 0 Å². The molecule has 6 nitrogen and oxygen atoms in total. The van der Waals surface area contributed by atoms with E-state index >= 15 is 0 Å². The smallest absolute Gasteiger partial charge is 0.336 e. The van der Waals surface area contributed by atoms with Crippen LogP contribution >= 0.6 is 0 Å². The Kier molecular flexibility index (Phi) is 5.79. The van der Waals surface area contributed by atoms with Crippen LogP contribution in [0, 0.1) is 0 Å². The van der Waals surface area contributed by atoms with Crippen molar-refractivity contribution in [2.75, 3.05) is 14.2 Å². The summed E-state index contributed by atoms with van der Waals surface area (Å²) >= 11 is 0. The Bertz CT molecular complexity index is 805. The lowest BCUT2D eigenvalue weighted by Crippen LogP contribution is -2.02. The third-order valence-corrected chi connectivity index (χ3v) is 3.38. The van der Waals surface area contributed by atoms with Gasteiger partial charge in [-0.2, -0.15) is 0 Å². The number of methoxy groups -OCH3 is 2. The van der Waals surface area contributed by atoms with Gasteiger partial charge in [-0.3, -0.25) is 4.79 Å². The number of aliphatic carboxylic acids is 1. The number of esters is 1. The molecule has 0 aliphatic carbocycles. The summed E-state index contributed by atoms with van der Waals surface area (Å²) in [6.45, 7) is 1.31. The predicted molar refractivity (Wildman–Crippen MR) is 92.8 cm³/mol. The van der Waals surface area contributed by atoms with Crippen LogP contribution in [0.2, 0.25) is 0 Å². The molecule has 0 unspecified atom stereocenters. The summed E-state index contributed by atoms with van der Waals surface area (Å²) in [5.41, 5.74) is 1.23. The number of carboxylic acid groups (broad SMARTS) is 1. The molecule has 0 aliphatic heterocycles. The first-order valence-corrected chi connectivity index (χ1v) is 7.40. The Morgan fingerprint density at radius 1 is 0.960 bits per heavy atom. The molecule has 130 valence electrons. The van der Waals surface area contributed by atoms with Crippen LogP contribution in [0.25, 0.3) is 11.6 Å². The van der Waals surface area contributed by atoms with Crippen molar-refractivity contribution < 1.29 is 28.9 Å². The average Bonchev–Trinajstić information content (AvgIpc) is 2.59. The molecule has 0 heterocycles. The molecule has 25 heavy (non-hydrogen) atoms. The molecule has 0 fully saturated rings. The fraction of sp³-hybridized carbons (Fsp3) is 0.158. The molecule has 0 aliphatic rings. The highest BCUT2D eigenvalue weighted by atomic mass is 16.5. The van der Waals surface area contributed by atoms with Crippen molar-refractivity contribution in [1.29, 1.82) is 0 Å². The minimum atomic E-state index is -1.07. The van der Waals surface area contributed by atoms with Gasteiger partial charge >= 0.3 is 11.9 Å². The summed E-state index contributed by atoms with van der Waals surface area (Å²) in [7, 11) is 3.00. The van der Waals surface area contributed by atoms with Crippen LogP contribution in [0.1, 0.15) is 18.1 Å². The second kappa shape index (κ2) is 8.01. The van der Waals surface area contributed by atoms with E-state index in [0.29, 0.717) is 28.4 Å². The maximum Gasteiger partial charge on any atom is 0.336 e. The SMILES string of the molecule is COc1ccc(/C(=C\c2ccc(OC(C)=O)cc2)C(=O)O)cc1OC. The van der Waals surface area contributed by atoms with Gasteiger partial charge in [0.25, 0.3) is 0 Å². The van der Waals surface area contributed by atoms with Crippen molar-refractivity contribution >= 4 is 23.6 Å². The van der Waals surface area contributed by atoms with Crippen molar-refractivity contribution in [1.82, 2.24) is 0 Å². The molecule has 0 saturated heterocycles. The lowest BCUT2D eigenvalue weighted by Gasteiger charge is -2.10. The summed E-state index contributed by atoms with van der Waals surface area (Å²) in [6, 6.07) is 11.4. The zero-order valence-electron chi connectivity index (χ0n) is 14.1. The number of carbonyl (C=O) groups is 2. The lowest BCUT2D eigenvalue weighted by molar-refractivity contribution is -0.132. The minimum Gasteiger partial charge on any atom is -0.493 e. The topological polar surface area (TPSA) is 82.1 Å². The summed E-state index contributed by atoms with van der Waals surface area (Å²) < 4.78 is 15.3. The number of benzene rings is 2. The van der Waals surface area contributed by atoms with Gasteiger partial charge in [-0.05, 0) is 41.5 Å². The third-order valence-electron chi connectivity index (χ3n) is 3.38. The van der Waals surface area contributed by atoms with Crippen LogP contribution in [0.3, 0.4) is 0 Å². The summed E-state index contributed by atoms with van der Waals surface area (Å²) in [4.78, 5) is 22.6. The van der Waals surface area contributed by atoms with E-state index in [1.165, 1.54) is 27.2 Å². The lowest BCUT2D eigenvalue weighted by atomic mass is 10.0. The first kappa shape index (κ1) is 18.1. The molecule has 0 aromatic heterocycles. The number of rotatable bonds is 6. The second-order valence-corrected chi connectivity index (χ2v) is 5.10. The van der Waals surface area contributed by atoms with Gasteiger partial charge in [0.2, 0.25) is 0 Å². The summed E-state index contributed by atoms with van der Waals surface area (Å²) in [5.74, 6) is -0.136. The standard InChI is InChI=1S/C19H18O6/c1-12(20)25-15-7-4-13(5-8-15)10-16(19(21)22)14-6-9-17(23-2)18(11-14)24-3/h4-11H,1-3H3,(H,21,22)/b16-10+. The molecule has 0 atom stereocenters. The molecule has 6 heteroatoms. The fourth-order valence-electron chi connectivity index (χ4n) is 2.24. The first-order chi connectivity index (χ1) is 11.9. The Balaban J connectivity index is 2.39. The van der Waals surface area contributed by atoms with Crippen LogP contribution in [-0.2, 0) is 9.59 Å². The number of hydrogen-bond donors (Lipinski definition) is 1. The van der Waals surface area contributed by atoms with Gasteiger partial charge in [0.15, 0.2) is 11.5 Å². The maximum atomic E-state index is 11.7. The van der Waals surface area contributed by atoms with Gasteiger partial charge in [0.05, 0.1) is 19.8 Å². The van der Waals surface area contributed by atoms with E-state index in [9.17, 15) is 14.7 Å². The normalized spacial score (nSPS) is 10.9. The van der Waals surface area contributed by atoms with Gasteiger partial charge in [-0.1, -0.05) is 18.2 Å². The molecular formula is C19H18O6. The minimum absolute atomic E-state index is 0.0983. The fourth-order valence-corrected chi connectivity index (χ4v) is 2.24. The largest absolute Gasteiger partial charge is 0.493 e.